The Hall–Kier alpha value is -3.09. The molecule has 0 aliphatic rings. The van der Waals surface area contributed by atoms with E-state index in [1.165, 1.54) is 0 Å². The van der Waals surface area contributed by atoms with Crippen LogP contribution in [0, 0.1) is 0 Å². The number of nitrogens with one attached hydrogen (secondary N) is 2. The number of carbonyl (C=O) groups excluding carboxylic acids is 1. The topological polar surface area (TPSA) is 116 Å². The SMILES string of the molecule is O=C(O)C[C@@H](NC(=O)Nc1cccc2ccccc12)C(=O)O. The van der Waals surface area contributed by atoms with Gasteiger partial charge in [0.15, 0.2) is 0 Å². The maximum atomic E-state index is 11.9. The van der Waals surface area contributed by atoms with Crippen molar-refractivity contribution >= 4 is 34.4 Å². The summed E-state index contributed by atoms with van der Waals surface area (Å²) >= 11 is 0. The zero-order chi connectivity index (χ0) is 16.1. The minimum atomic E-state index is -1.49. The van der Waals surface area contributed by atoms with Crippen molar-refractivity contribution < 1.29 is 24.6 Å². The van der Waals surface area contributed by atoms with Gasteiger partial charge in [-0.15, -0.1) is 0 Å². The largest absolute Gasteiger partial charge is 0.481 e. The normalized spacial score (nSPS) is 11.6. The number of hydrogen-bond donors (Lipinski definition) is 4. The molecule has 2 rings (SSSR count). The lowest BCUT2D eigenvalue weighted by molar-refractivity contribution is -0.145. The zero-order valence-corrected chi connectivity index (χ0v) is 11.4. The van der Waals surface area contributed by atoms with Crippen LogP contribution in [0.2, 0.25) is 0 Å². The van der Waals surface area contributed by atoms with E-state index in [4.69, 9.17) is 10.2 Å². The van der Waals surface area contributed by atoms with Crippen molar-refractivity contribution in [2.75, 3.05) is 5.32 Å². The zero-order valence-electron chi connectivity index (χ0n) is 11.4. The molecule has 2 aromatic rings. The van der Waals surface area contributed by atoms with Crippen molar-refractivity contribution in [2.24, 2.45) is 0 Å². The highest BCUT2D eigenvalue weighted by molar-refractivity contribution is 6.02. The average Bonchev–Trinajstić information content (AvgIpc) is 2.46. The molecule has 114 valence electrons. The first kappa shape index (κ1) is 15.3. The van der Waals surface area contributed by atoms with Gasteiger partial charge in [0.2, 0.25) is 0 Å². The van der Waals surface area contributed by atoms with Crippen LogP contribution in [-0.4, -0.2) is 34.2 Å². The lowest BCUT2D eigenvalue weighted by Crippen LogP contribution is -2.44. The number of rotatable bonds is 5. The molecule has 0 bridgehead atoms. The van der Waals surface area contributed by atoms with Crippen LogP contribution in [0.25, 0.3) is 10.8 Å². The van der Waals surface area contributed by atoms with Gasteiger partial charge in [-0.3, -0.25) is 4.79 Å². The van der Waals surface area contributed by atoms with Gasteiger partial charge in [-0.25, -0.2) is 9.59 Å². The van der Waals surface area contributed by atoms with Crippen LogP contribution >= 0.6 is 0 Å². The highest BCUT2D eigenvalue weighted by atomic mass is 16.4. The summed E-state index contributed by atoms with van der Waals surface area (Å²) in [5.41, 5.74) is 0.509. The van der Waals surface area contributed by atoms with Crippen LogP contribution < -0.4 is 10.6 Å². The summed E-state index contributed by atoms with van der Waals surface area (Å²) in [5.74, 6) is -2.71. The Kier molecular flexibility index (Phi) is 4.57. The fraction of sp³-hybridized carbons (Fsp3) is 0.133. The number of urea groups is 1. The van der Waals surface area contributed by atoms with E-state index < -0.39 is 30.4 Å². The summed E-state index contributed by atoms with van der Waals surface area (Å²) in [6.45, 7) is 0. The molecule has 0 heterocycles. The number of amides is 2. The number of fused-ring (bicyclic) bond motifs is 1. The van der Waals surface area contributed by atoms with Crippen LogP contribution in [-0.2, 0) is 9.59 Å². The quantitative estimate of drug-likeness (QED) is 0.673. The monoisotopic (exact) mass is 302 g/mol. The third kappa shape index (κ3) is 3.72. The molecule has 0 radical (unpaired) electrons. The van der Waals surface area contributed by atoms with Crippen LogP contribution in [0.4, 0.5) is 10.5 Å². The number of hydrogen-bond acceptors (Lipinski definition) is 3. The van der Waals surface area contributed by atoms with Crippen molar-refractivity contribution in [1.82, 2.24) is 5.32 Å². The van der Waals surface area contributed by atoms with E-state index in [0.717, 1.165) is 10.8 Å². The predicted octanol–water partition coefficient (Wildman–Crippen LogP) is 1.89. The number of carboxylic acids is 2. The summed E-state index contributed by atoms with van der Waals surface area (Å²) in [6.07, 6.45) is -0.696. The van der Waals surface area contributed by atoms with Gasteiger partial charge in [0.05, 0.1) is 12.1 Å². The maximum absolute atomic E-state index is 11.9. The van der Waals surface area contributed by atoms with E-state index in [0.29, 0.717) is 5.69 Å². The van der Waals surface area contributed by atoms with E-state index in [1.807, 2.05) is 30.3 Å². The van der Waals surface area contributed by atoms with E-state index in [2.05, 4.69) is 10.6 Å². The van der Waals surface area contributed by atoms with Gasteiger partial charge in [0.25, 0.3) is 0 Å². The summed E-state index contributed by atoms with van der Waals surface area (Å²) in [6, 6.07) is 10.4. The lowest BCUT2D eigenvalue weighted by atomic mass is 10.1. The second kappa shape index (κ2) is 6.57. The molecule has 0 fully saturated rings. The van der Waals surface area contributed by atoms with Gasteiger partial charge >= 0.3 is 18.0 Å². The molecule has 0 aliphatic carbocycles. The molecule has 7 heteroatoms. The highest BCUT2D eigenvalue weighted by Crippen LogP contribution is 2.22. The summed E-state index contributed by atoms with van der Waals surface area (Å²) in [5, 5.41) is 23.9. The molecule has 22 heavy (non-hydrogen) atoms. The molecule has 2 aromatic carbocycles. The van der Waals surface area contributed by atoms with Crippen LogP contribution in [0.3, 0.4) is 0 Å². The van der Waals surface area contributed by atoms with E-state index in [9.17, 15) is 14.4 Å². The predicted molar refractivity (Wildman–Crippen MR) is 79.8 cm³/mol. The minimum absolute atomic E-state index is 0.509. The Morgan fingerprint density at radius 1 is 1.00 bits per heavy atom. The average molecular weight is 302 g/mol. The van der Waals surface area contributed by atoms with Crippen LogP contribution in [0.15, 0.2) is 42.5 Å². The molecule has 0 aliphatic heterocycles. The molecule has 0 aromatic heterocycles. The molecule has 1 atom stereocenters. The smallest absolute Gasteiger partial charge is 0.326 e. The van der Waals surface area contributed by atoms with Crippen molar-refractivity contribution in [3.05, 3.63) is 42.5 Å². The number of carboxylic acid groups (broad SMARTS) is 2. The minimum Gasteiger partial charge on any atom is -0.481 e. The van der Waals surface area contributed by atoms with Gasteiger partial charge in [-0.2, -0.15) is 0 Å². The molecular weight excluding hydrogens is 288 g/mol. The Bertz CT molecular complexity index is 723. The first-order chi connectivity index (χ1) is 10.5. The molecule has 0 saturated heterocycles. The van der Waals surface area contributed by atoms with Crippen molar-refractivity contribution in [3.63, 3.8) is 0 Å². The number of benzene rings is 2. The third-order valence-corrected chi connectivity index (χ3v) is 3.02. The van der Waals surface area contributed by atoms with Crippen molar-refractivity contribution in [2.45, 2.75) is 12.5 Å². The first-order valence-corrected chi connectivity index (χ1v) is 6.47. The Labute approximate surface area is 125 Å². The Morgan fingerprint density at radius 3 is 2.36 bits per heavy atom. The molecule has 0 unspecified atom stereocenters. The first-order valence-electron chi connectivity index (χ1n) is 6.47. The molecule has 0 spiro atoms. The highest BCUT2D eigenvalue weighted by Gasteiger charge is 2.23. The number of carbonyl (C=O) groups is 3. The molecule has 2 amide bonds. The third-order valence-electron chi connectivity index (χ3n) is 3.02. The lowest BCUT2D eigenvalue weighted by Gasteiger charge is -2.14. The number of aliphatic carboxylic acids is 2. The Balaban J connectivity index is 2.13. The molecule has 4 N–H and O–H groups in total. The number of anilines is 1. The van der Waals surface area contributed by atoms with Crippen LogP contribution in [0.5, 0.6) is 0 Å². The summed E-state index contributed by atoms with van der Waals surface area (Å²) < 4.78 is 0. The second-order valence-electron chi connectivity index (χ2n) is 4.61. The maximum Gasteiger partial charge on any atom is 0.326 e. The van der Waals surface area contributed by atoms with E-state index in [1.54, 1.807) is 12.1 Å². The molecular formula is C15H14N2O5. The standard InChI is InChI=1S/C15H14N2O5/c18-13(19)8-12(14(20)21)17-15(22)16-11-7-3-5-9-4-1-2-6-10(9)11/h1-7,12H,8H2,(H,18,19)(H,20,21)(H2,16,17,22)/t12-/m1/s1. The summed E-state index contributed by atoms with van der Waals surface area (Å²) in [4.78, 5) is 33.4. The second-order valence-corrected chi connectivity index (χ2v) is 4.61. The molecule has 0 saturated carbocycles. The fourth-order valence-corrected chi connectivity index (χ4v) is 2.03. The molecule has 7 nitrogen and oxygen atoms in total. The van der Waals surface area contributed by atoms with Crippen molar-refractivity contribution in [3.8, 4) is 0 Å². The fourth-order valence-electron chi connectivity index (χ4n) is 2.03. The van der Waals surface area contributed by atoms with Crippen LogP contribution in [0.1, 0.15) is 6.42 Å². The van der Waals surface area contributed by atoms with E-state index >= 15 is 0 Å². The van der Waals surface area contributed by atoms with Gasteiger partial charge < -0.3 is 20.8 Å². The summed E-state index contributed by atoms with van der Waals surface area (Å²) in [7, 11) is 0. The van der Waals surface area contributed by atoms with Gasteiger partial charge in [0, 0.05) is 5.39 Å². The van der Waals surface area contributed by atoms with Crippen molar-refractivity contribution in [1.29, 1.82) is 0 Å². The van der Waals surface area contributed by atoms with Gasteiger partial charge in [0.1, 0.15) is 6.04 Å². The van der Waals surface area contributed by atoms with Gasteiger partial charge in [-0.1, -0.05) is 36.4 Å². The van der Waals surface area contributed by atoms with Gasteiger partial charge in [-0.05, 0) is 11.5 Å². The Morgan fingerprint density at radius 2 is 1.68 bits per heavy atom. The van der Waals surface area contributed by atoms with E-state index in [-0.39, 0.29) is 0 Å².